The third-order valence-electron chi connectivity index (χ3n) is 2.20. The molecule has 0 aliphatic heterocycles. The standard InChI is InChI=1S/C12H15ClN2O2S/c1-2-17-6-5-11(16)15-10-7-8(13)3-4-9(10)12(14)18/h3-4,7H,2,5-6H2,1H3,(H2,14,18)(H,15,16). The number of amides is 1. The van der Waals surface area contributed by atoms with E-state index in [9.17, 15) is 4.79 Å². The van der Waals surface area contributed by atoms with Crippen molar-refractivity contribution >= 4 is 40.4 Å². The molecule has 1 amide bonds. The maximum absolute atomic E-state index is 11.7. The molecule has 0 spiro atoms. The summed E-state index contributed by atoms with van der Waals surface area (Å²) in [5.41, 5.74) is 6.70. The van der Waals surface area contributed by atoms with Gasteiger partial charge in [-0.3, -0.25) is 4.79 Å². The Hall–Kier alpha value is -1.17. The minimum Gasteiger partial charge on any atom is -0.389 e. The second kappa shape index (κ2) is 7.31. The fourth-order valence-electron chi connectivity index (χ4n) is 1.36. The van der Waals surface area contributed by atoms with E-state index in [4.69, 9.17) is 34.3 Å². The Morgan fingerprint density at radius 3 is 2.89 bits per heavy atom. The minimum atomic E-state index is -0.164. The number of rotatable bonds is 6. The average Bonchev–Trinajstić information content (AvgIpc) is 2.29. The van der Waals surface area contributed by atoms with Crippen molar-refractivity contribution in [1.29, 1.82) is 0 Å². The Morgan fingerprint density at radius 1 is 1.56 bits per heavy atom. The van der Waals surface area contributed by atoms with E-state index in [1.807, 2.05) is 6.92 Å². The van der Waals surface area contributed by atoms with Gasteiger partial charge in [0.05, 0.1) is 18.7 Å². The van der Waals surface area contributed by atoms with Gasteiger partial charge < -0.3 is 15.8 Å². The highest BCUT2D eigenvalue weighted by molar-refractivity contribution is 7.80. The first-order valence-corrected chi connectivity index (χ1v) is 6.30. The molecule has 0 heterocycles. The van der Waals surface area contributed by atoms with Crippen molar-refractivity contribution in [3.8, 4) is 0 Å². The zero-order chi connectivity index (χ0) is 13.5. The molecule has 4 nitrogen and oxygen atoms in total. The van der Waals surface area contributed by atoms with Crippen LogP contribution >= 0.6 is 23.8 Å². The Bertz CT molecular complexity index is 452. The van der Waals surface area contributed by atoms with Gasteiger partial charge in [0, 0.05) is 17.2 Å². The number of hydrogen-bond acceptors (Lipinski definition) is 3. The molecule has 0 unspecified atom stereocenters. The highest BCUT2D eigenvalue weighted by atomic mass is 35.5. The monoisotopic (exact) mass is 286 g/mol. The molecule has 0 aromatic heterocycles. The smallest absolute Gasteiger partial charge is 0.226 e. The molecule has 0 bridgehead atoms. The van der Waals surface area contributed by atoms with Gasteiger partial charge in [-0.1, -0.05) is 23.8 Å². The predicted molar refractivity (Wildman–Crippen MR) is 77.1 cm³/mol. The van der Waals surface area contributed by atoms with E-state index < -0.39 is 0 Å². The first-order valence-electron chi connectivity index (χ1n) is 5.51. The molecule has 98 valence electrons. The summed E-state index contributed by atoms with van der Waals surface area (Å²) in [5.74, 6) is -0.164. The molecular weight excluding hydrogens is 272 g/mol. The van der Waals surface area contributed by atoms with Gasteiger partial charge in [0.1, 0.15) is 4.99 Å². The van der Waals surface area contributed by atoms with Crippen LogP contribution in [0.5, 0.6) is 0 Å². The topological polar surface area (TPSA) is 64.3 Å². The summed E-state index contributed by atoms with van der Waals surface area (Å²) < 4.78 is 5.11. The van der Waals surface area contributed by atoms with E-state index in [1.165, 1.54) is 0 Å². The van der Waals surface area contributed by atoms with Gasteiger partial charge in [-0.15, -0.1) is 0 Å². The quantitative estimate of drug-likeness (QED) is 0.622. The van der Waals surface area contributed by atoms with Crippen molar-refractivity contribution in [1.82, 2.24) is 0 Å². The highest BCUT2D eigenvalue weighted by Crippen LogP contribution is 2.21. The van der Waals surface area contributed by atoms with E-state index in [1.54, 1.807) is 18.2 Å². The summed E-state index contributed by atoms with van der Waals surface area (Å²) in [6.45, 7) is 2.84. The lowest BCUT2D eigenvalue weighted by atomic mass is 10.1. The fourth-order valence-corrected chi connectivity index (χ4v) is 1.71. The van der Waals surface area contributed by atoms with Crippen LogP contribution in [-0.4, -0.2) is 24.1 Å². The maximum atomic E-state index is 11.7. The van der Waals surface area contributed by atoms with Crippen molar-refractivity contribution in [2.75, 3.05) is 18.5 Å². The number of thiocarbonyl (C=S) groups is 1. The number of ether oxygens (including phenoxy) is 1. The van der Waals surface area contributed by atoms with Crippen LogP contribution in [0.2, 0.25) is 5.02 Å². The number of carbonyl (C=O) groups excluding carboxylic acids is 1. The minimum absolute atomic E-state index is 0.164. The number of benzene rings is 1. The second-order valence-electron chi connectivity index (χ2n) is 3.55. The summed E-state index contributed by atoms with van der Waals surface area (Å²) >= 11 is 10.8. The third kappa shape index (κ3) is 4.60. The molecule has 0 saturated carbocycles. The van der Waals surface area contributed by atoms with Crippen molar-refractivity contribution in [2.24, 2.45) is 5.73 Å². The normalized spacial score (nSPS) is 10.1. The van der Waals surface area contributed by atoms with Gasteiger partial charge in [0.15, 0.2) is 0 Å². The van der Waals surface area contributed by atoms with Crippen LogP contribution in [0.1, 0.15) is 18.9 Å². The van der Waals surface area contributed by atoms with Crippen LogP contribution in [0.25, 0.3) is 0 Å². The lowest BCUT2D eigenvalue weighted by molar-refractivity contribution is -0.117. The number of nitrogens with one attached hydrogen (secondary N) is 1. The molecule has 0 radical (unpaired) electrons. The first kappa shape index (κ1) is 14.9. The van der Waals surface area contributed by atoms with Crippen molar-refractivity contribution in [2.45, 2.75) is 13.3 Å². The van der Waals surface area contributed by atoms with Crippen molar-refractivity contribution < 1.29 is 9.53 Å². The van der Waals surface area contributed by atoms with Crippen LogP contribution in [0.3, 0.4) is 0 Å². The van der Waals surface area contributed by atoms with Crippen molar-refractivity contribution in [3.63, 3.8) is 0 Å². The Labute approximate surface area is 116 Å². The van der Waals surface area contributed by atoms with Crippen LogP contribution in [0, 0.1) is 0 Å². The van der Waals surface area contributed by atoms with Gasteiger partial charge in [-0.05, 0) is 25.1 Å². The summed E-state index contributed by atoms with van der Waals surface area (Å²) in [6.07, 6.45) is 0.275. The first-order chi connectivity index (χ1) is 8.54. The van der Waals surface area contributed by atoms with Gasteiger partial charge in [-0.2, -0.15) is 0 Å². The number of hydrogen-bond donors (Lipinski definition) is 2. The molecule has 1 aromatic carbocycles. The van der Waals surface area contributed by atoms with Crippen LogP contribution in [-0.2, 0) is 9.53 Å². The van der Waals surface area contributed by atoms with Gasteiger partial charge >= 0.3 is 0 Å². The van der Waals surface area contributed by atoms with Gasteiger partial charge in [0.2, 0.25) is 5.91 Å². The summed E-state index contributed by atoms with van der Waals surface area (Å²) in [5, 5.41) is 3.23. The largest absolute Gasteiger partial charge is 0.389 e. The second-order valence-corrected chi connectivity index (χ2v) is 4.43. The molecular formula is C12H15ClN2O2S. The number of halogens is 1. The highest BCUT2D eigenvalue weighted by Gasteiger charge is 2.09. The zero-order valence-electron chi connectivity index (χ0n) is 10.0. The lowest BCUT2D eigenvalue weighted by Gasteiger charge is -2.10. The molecule has 1 aromatic rings. The summed E-state index contributed by atoms with van der Waals surface area (Å²) in [4.78, 5) is 11.9. The number of anilines is 1. The molecule has 0 atom stereocenters. The summed E-state index contributed by atoms with van der Waals surface area (Å²) in [6, 6.07) is 4.98. The Balaban J connectivity index is 2.73. The van der Waals surface area contributed by atoms with E-state index in [2.05, 4.69) is 5.32 Å². The van der Waals surface area contributed by atoms with Crippen LogP contribution in [0.15, 0.2) is 18.2 Å². The Morgan fingerprint density at radius 2 is 2.28 bits per heavy atom. The maximum Gasteiger partial charge on any atom is 0.226 e. The predicted octanol–water partition coefficient (Wildman–Crippen LogP) is 2.34. The van der Waals surface area contributed by atoms with E-state index >= 15 is 0 Å². The molecule has 0 fully saturated rings. The molecule has 1 rings (SSSR count). The fraction of sp³-hybridized carbons (Fsp3) is 0.333. The van der Waals surface area contributed by atoms with E-state index in [-0.39, 0.29) is 17.3 Å². The van der Waals surface area contributed by atoms with Gasteiger partial charge in [0.25, 0.3) is 0 Å². The van der Waals surface area contributed by atoms with Crippen LogP contribution < -0.4 is 11.1 Å². The van der Waals surface area contributed by atoms with E-state index in [0.717, 1.165) is 0 Å². The average molecular weight is 287 g/mol. The van der Waals surface area contributed by atoms with Crippen LogP contribution in [0.4, 0.5) is 5.69 Å². The lowest BCUT2D eigenvalue weighted by Crippen LogP contribution is -2.18. The SMILES string of the molecule is CCOCCC(=O)Nc1cc(Cl)ccc1C(N)=S. The molecule has 0 saturated heterocycles. The molecule has 6 heteroatoms. The van der Waals surface area contributed by atoms with Crippen molar-refractivity contribution in [3.05, 3.63) is 28.8 Å². The molecule has 0 aliphatic rings. The summed E-state index contributed by atoms with van der Waals surface area (Å²) in [7, 11) is 0. The Kier molecular flexibility index (Phi) is 6.04. The molecule has 18 heavy (non-hydrogen) atoms. The zero-order valence-corrected chi connectivity index (χ0v) is 11.6. The molecule has 3 N–H and O–H groups in total. The third-order valence-corrected chi connectivity index (χ3v) is 2.65. The number of carbonyl (C=O) groups is 1. The number of nitrogens with two attached hydrogens (primary N) is 1. The molecule has 0 aliphatic carbocycles. The van der Waals surface area contributed by atoms with E-state index in [0.29, 0.717) is 29.5 Å². The van der Waals surface area contributed by atoms with Gasteiger partial charge in [-0.25, -0.2) is 0 Å².